The second kappa shape index (κ2) is 15.3. The number of rotatable bonds is 5. The van der Waals surface area contributed by atoms with E-state index in [1.54, 1.807) is 0 Å². The molecule has 0 amide bonds. The van der Waals surface area contributed by atoms with E-state index in [0.29, 0.717) is 0 Å². The topological polar surface area (TPSA) is 8.17 Å². The molecule has 2 aliphatic rings. The summed E-state index contributed by atoms with van der Waals surface area (Å²) in [5.74, 6) is 0. The lowest BCUT2D eigenvalue weighted by Gasteiger charge is -2.40. The molecule has 0 spiro atoms. The van der Waals surface area contributed by atoms with Crippen LogP contribution in [0.1, 0.15) is 44.5 Å². The monoisotopic (exact) mass is 884 g/mol. The summed E-state index contributed by atoms with van der Waals surface area (Å²) in [6.07, 6.45) is 0. The van der Waals surface area contributed by atoms with Gasteiger partial charge in [0.05, 0.1) is 0 Å². The third-order valence-corrected chi connectivity index (χ3v) is 15.4. The molecule has 10 aromatic carbocycles. The van der Waals surface area contributed by atoms with Gasteiger partial charge >= 0.3 is 6.85 Å². The lowest BCUT2D eigenvalue weighted by atomic mass is 9.45. The van der Waals surface area contributed by atoms with Crippen LogP contribution in [0.25, 0.3) is 88.2 Å². The largest absolute Gasteiger partial charge is 0.375 e. The quantitative estimate of drug-likeness (QED) is 0.156. The van der Waals surface area contributed by atoms with Crippen LogP contribution in [-0.4, -0.2) is 11.3 Å². The zero-order chi connectivity index (χ0) is 47.0. The van der Waals surface area contributed by atoms with E-state index in [1.807, 2.05) is 0 Å². The average molecular weight is 885 g/mol. The Morgan fingerprint density at radius 3 is 1.55 bits per heavy atom. The SMILES string of the molecule is Cc1cc(C)cc(-c2ccc(N3c4ccc(-c5cc(C)cc(C)c5)cc4B4c5c(cccc53)-c3cc(-c5c(C)cccc5C)cc5c6cc(-c7c(C)cccc7C)c7ccccc7c6n4c35)cc2)c1. The molecule has 3 heterocycles. The Balaban J connectivity index is 1.17. The van der Waals surface area contributed by atoms with Crippen molar-refractivity contribution in [2.24, 2.45) is 0 Å². The Morgan fingerprint density at radius 1 is 0.333 bits per heavy atom. The van der Waals surface area contributed by atoms with E-state index in [9.17, 15) is 0 Å². The van der Waals surface area contributed by atoms with Gasteiger partial charge in [-0.3, -0.25) is 0 Å². The van der Waals surface area contributed by atoms with Gasteiger partial charge in [-0.25, -0.2) is 0 Å². The standard InChI is InChI=1S/C66H53BN2/c1-38-28-39(2)31-48(30-38)46-22-25-51(26-23-46)68-60-27-24-47(49-32-40(3)29-41(4)33-49)36-59(60)67-64-53(20-13-21-61(64)68)56-34-50(62-42(5)14-11-15-43(62)6)35-57-58-37-55(63-44(7)16-12-17-45(63)8)52-18-9-10-19-54(52)65(58)69(67)66(56)57/h9-37H,1-8H3. The number of aryl methyl sites for hydroxylation is 8. The average Bonchev–Trinajstić information content (AvgIpc) is 3.66. The van der Waals surface area contributed by atoms with Crippen LogP contribution in [0.3, 0.4) is 0 Å². The Kier molecular flexibility index (Phi) is 9.18. The van der Waals surface area contributed by atoms with Crippen molar-refractivity contribution in [3.05, 3.63) is 220 Å². The second-order valence-electron chi connectivity index (χ2n) is 20.2. The smallest absolute Gasteiger partial charge is 0.333 e. The molecule has 11 aromatic rings. The molecule has 13 rings (SSSR count). The van der Waals surface area contributed by atoms with Crippen molar-refractivity contribution in [3.63, 3.8) is 0 Å². The maximum Gasteiger partial charge on any atom is 0.333 e. The van der Waals surface area contributed by atoms with Gasteiger partial charge in [-0.05, 0) is 186 Å². The van der Waals surface area contributed by atoms with E-state index >= 15 is 0 Å². The molecule has 2 aliphatic heterocycles. The third-order valence-electron chi connectivity index (χ3n) is 15.4. The summed E-state index contributed by atoms with van der Waals surface area (Å²) < 4.78 is 2.77. The lowest BCUT2D eigenvalue weighted by Crippen LogP contribution is -2.56. The summed E-state index contributed by atoms with van der Waals surface area (Å²) in [4.78, 5) is 2.54. The van der Waals surface area contributed by atoms with Crippen molar-refractivity contribution >= 4 is 67.4 Å². The fourth-order valence-corrected chi connectivity index (χ4v) is 12.7. The summed E-state index contributed by atoms with van der Waals surface area (Å²) in [5.41, 5.74) is 31.8. The normalized spacial score (nSPS) is 12.6. The van der Waals surface area contributed by atoms with Gasteiger partial charge in [-0.2, -0.15) is 0 Å². The van der Waals surface area contributed by atoms with E-state index in [2.05, 4.69) is 241 Å². The third kappa shape index (κ3) is 6.26. The number of nitrogens with zero attached hydrogens (tertiary/aromatic N) is 2. The van der Waals surface area contributed by atoms with Gasteiger partial charge in [0.15, 0.2) is 0 Å². The minimum Gasteiger partial charge on any atom is -0.375 e. The molecule has 0 radical (unpaired) electrons. The first-order chi connectivity index (χ1) is 33.5. The summed E-state index contributed by atoms with van der Waals surface area (Å²) in [6, 6.07) is 67.6. The fourth-order valence-electron chi connectivity index (χ4n) is 12.7. The van der Waals surface area contributed by atoms with Crippen molar-refractivity contribution in [1.82, 2.24) is 4.48 Å². The van der Waals surface area contributed by atoms with Crippen LogP contribution in [-0.2, 0) is 0 Å². The van der Waals surface area contributed by atoms with Gasteiger partial charge in [0.2, 0.25) is 0 Å². The molecular weight excluding hydrogens is 832 g/mol. The molecule has 2 nitrogen and oxygen atoms in total. The van der Waals surface area contributed by atoms with Gasteiger partial charge in [0.25, 0.3) is 0 Å². The number of hydrogen-bond acceptors (Lipinski definition) is 1. The summed E-state index contributed by atoms with van der Waals surface area (Å²) in [7, 11) is 0. The molecule has 3 heteroatoms. The van der Waals surface area contributed by atoms with Crippen LogP contribution in [0.15, 0.2) is 176 Å². The molecule has 0 fully saturated rings. The highest BCUT2D eigenvalue weighted by Gasteiger charge is 2.43. The zero-order valence-corrected chi connectivity index (χ0v) is 40.7. The van der Waals surface area contributed by atoms with Crippen molar-refractivity contribution < 1.29 is 0 Å². The first kappa shape index (κ1) is 41.3. The zero-order valence-electron chi connectivity index (χ0n) is 40.7. The Hall–Kier alpha value is -7.88. The van der Waals surface area contributed by atoms with E-state index in [4.69, 9.17) is 0 Å². The first-order valence-electron chi connectivity index (χ1n) is 24.5. The number of hydrogen-bond donors (Lipinski definition) is 0. The lowest BCUT2D eigenvalue weighted by molar-refractivity contribution is 1.26. The highest BCUT2D eigenvalue weighted by Crippen LogP contribution is 2.50. The highest BCUT2D eigenvalue weighted by molar-refractivity contribution is 6.90. The van der Waals surface area contributed by atoms with Crippen molar-refractivity contribution in [1.29, 1.82) is 0 Å². The maximum absolute atomic E-state index is 2.77. The summed E-state index contributed by atoms with van der Waals surface area (Å²) in [6.45, 7) is 17.8. The van der Waals surface area contributed by atoms with Crippen LogP contribution in [0.4, 0.5) is 17.1 Å². The Bertz CT molecular complexity index is 3920. The number of anilines is 3. The van der Waals surface area contributed by atoms with Crippen LogP contribution in [0.5, 0.6) is 0 Å². The van der Waals surface area contributed by atoms with Crippen molar-refractivity contribution in [2.75, 3.05) is 4.90 Å². The maximum atomic E-state index is 2.77. The number of fused-ring (bicyclic) bond motifs is 9. The minimum atomic E-state index is -0.101. The van der Waals surface area contributed by atoms with E-state index in [0.717, 1.165) is 5.69 Å². The molecule has 0 saturated carbocycles. The first-order valence-corrected chi connectivity index (χ1v) is 24.5. The molecule has 330 valence electrons. The van der Waals surface area contributed by atoms with E-state index in [1.165, 1.54) is 155 Å². The Morgan fingerprint density at radius 2 is 0.899 bits per heavy atom. The van der Waals surface area contributed by atoms with Gasteiger partial charge in [0.1, 0.15) is 0 Å². The molecule has 1 aromatic heterocycles. The minimum absolute atomic E-state index is 0.101. The van der Waals surface area contributed by atoms with Crippen LogP contribution in [0, 0.1) is 55.4 Å². The van der Waals surface area contributed by atoms with Crippen LogP contribution in [0.2, 0.25) is 0 Å². The second-order valence-corrected chi connectivity index (χ2v) is 20.2. The summed E-state index contributed by atoms with van der Waals surface area (Å²) in [5, 5.41) is 5.15. The van der Waals surface area contributed by atoms with Crippen molar-refractivity contribution in [3.8, 4) is 55.6 Å². The molecule has 0 saturated heterocycles. The predicted octanol–water partition coefficient (Wildman–Crippen LogP) is 16.5. The number of benzene rings is 10. The molecule has 0 aliphatic carbocycles. The molecule has 0 N–H and O–H groups in total. The summed E-state index contributed by atoms with van der Waals surface area (Å²) >= 11 is 0. The molecular formula is C66H53BN2. The predicted molar refractivity (Wildman–Crippen MR) is 297 cm³/mol. The van der Waals surface area contributed by atoms with Gasteiger partial charge in [-0.15, -0.1) is 0 Å². The number of aromatic nitrogens is 1. The van der Waals surface area contributed by atoms with E-state index < -0.39 is 0 Å². The molecule has 0 bridgehead atoms. The van der Waals surface area contributed by atoms with Crippen molar-refractivity contribution in [2.45, 2.75) is 55.4 Å². The van der Waals surface area contributed by atoms with E-state index in [-0.39, 0.29) is 6.85 Å². The van der Waals surface area contributed by atoms with Gasteiger partial charge < -0.3 is 9.38 Å². The molecule has 69 heavy (non-hydrogen) atoms. The fraction of sp³-hybridized carbons (Fsp3) is 0.121. The Labute approximate surface area is 406 Å². The van der Waals surface area contributed by atoms with Gasteiger partial charge in [0, 0.05) is 49.8 Å². The van der Waals surface area contributed by atoms with Crippen LogP contribution < -0.4 is 15.8 Å². The highest BCUT2D eigenvalue weighted by atomic mass is 15.2. The van der Waals surface area contributed by atoms with Gasteiger partial charge in [-0.1, -0.05) is 156 Å². The molecule has 0 atom stereocenters. The van der Waals surface area contributed by atoms with Crippen LogP contribution >= 0.6 is 0 Å². The molecule has 0 unspecified atom stereocenters.